The normalized spacial score (nSPS) is 14.2. The first-order chi connectivity index (χ1) is 12.6. The lowest BCUT2D eigenvalue weighted by molar-refractivity contribution is -0.119. The molecular formula is C18H20FN3O4. The number of amides is 1. The number of rotatable bonds is 6. The molecule has 0 radical (unpaired) electrons. The van der Waals surface area contributed by atoms with E-state index in [1.54, 1.807) is 16.9 Å². The molecule has 1 N–H and O–H groups in total. The van der Waals surface area contributed by atoms with Gasteiger partial charge in [0.25, 0.3) is 5.91 Å². The van der Waals surface area contributed by atoms with E-state index in [0.29, 0.717) is 5.82 Å². The van der Waals surface area contributed by atoms with Crippen LogP contribution in [-0.2, 0) is 9.53 Å². The highest BCUT2D eigenvalue weighted by Crippen LogP contribution is 2.31. The number of esters is 1. The quantitative estimate of drug-likeness (QED) is 0.800. The summed E-state index contributed by atoms with van der Waals surface area (Å²) in [7, 11) is 1.40. The first-order valence-electron chi connectivity index (χ1n) is 8.42. The number of methoxy groups -OCH3 is 1. The predicted molar refractivity (Wildman–Crippen MR) is 91.6 cm³/mol. The van der Waals surface area contributed by atoms with Crippen LogP contribution in [0.4, 0.5) is 10.2 Å². The summed E-state index contributed by atoms with van der Waals surface area (Å²) in [5, 5.41) is 6.93. The maximum Gasteiger partial charge on any atom is 0.341 e. The summed E-state index contributed by atoms with van der Waals surface area (Å²) in [4.78, 5) is 24.0. The summed E-state index contributed by atoms with van der Waals surface area (Å²) in [5.41, 5.74) is -0.255. The largest absolute Gasteiger partial charge is 0.497 e. The molecule has 138 valence electrons. The highest BCUT2D eigenvalue weighted by Gasteiger charge is 2.21. The minimum Gasteiger partial charge on any atom is -0.497 e. The van der Waals surface area contributed by atoms with Gasteiger partial charge < -0.3 is 14.8 Å². The van der Waals surface area contributed by atoms with E-state index >= 15 is 0 Å². The molecule has 0 spiro atoms. The topological polar surface area (TPSA) is 82.4 Å². The summed E-state index contributed by atoms with van der Waals surface area (Å²) in [6.45, 7) is -0.514. The van der Waals surface area contributed by atoms with Gasteiger partial charge in [0.1, 0.15) is 17.4 Å². The Morgan fingerprint density at radius 3 is 2.77 bits per heavy atom. The SMILES string of the molecule is COc1ccc(C(=O)OCC(=O)Nc2ccnn2C2CCCC2)c(F)c1. The molecule has 7 nitrogen and oxygen atoms in total. The molecule has 0 aliphatic heterocycles. The molecule has 1 aliphatic rings. The van der Waals surface area contributed by atoms with Gasteiger partial charge in [-0.05, 0) is 25.0 Å². The van der Waals surface area contributed by atoms with Gasteiger partial charge in [-0.1, -0.05) is 12.8 Å². The molecule has 1 amide bonds. The Bertz CT molecular complexity index is 799. The highest BCUT2D eigenvalue weighted by atomic mass is 19.1. The zero-order valence-electron chi connectivity index (χ0n) is 14.4. The number of hydrogen-bond donors (Lipinski definition) is 1. The monoisotopic (exact) mass is 361 g/mol. The summed E-state index contributed by atoms with van der Waals surface area (Å²) >= 11 is 0. The predicted octanol–water partition coefficient (Wildman–Crippen LogP) is 2.94. The van der Waals surface area contributed by atoms with Crippen LogP contribution in [0.2, 0.25) is 0 Å². The Balaban J connectivity index is 1.56. The fraction of sp³-hybridized carbons (Fsp3) is 0.389. The summed E-state index contributed by atoms with van der Waals surface area (Å²) in [5.74, 6) is -1.34. The van der Waals surface area contributed by atoms with Crippen molar-refractivity contribution < 1.29 is 23.5 Å². The second kappa shape index (κ2) is 7.99. The third kappa shape index (κ3) is 4.01. The molecule has 1 aliphatic carbocycles. The lowest BCUT2D eigenvalue weighted by Gasteiger charge is -2.14. The number of benzene rings is 1. The number of nitrogens with zero attached hydrogens (tertiary/aromatic N) is 2. The second-order valence-electron chi connectivity index (χ2n) is 6.07. The number of carbonyl (C=O) groups excluding carboxylic acids is 2. The molecule has 26 heavy (non-hydrogen) atoms. The van der Waals surface area contributed by atoms with E-state index in [1.165, 1.54) is 19.2 Å². The molecule has 1 aromatic heterocycles. The molecule has 1 saturated carbocycles. The van der Waals surface area contributed by atoms with Crippen LogP contribution in [-0.4, -0.2) is 35.4 Å². The van der Waals surface area contributed by atoms with Crippen LogP contribution in [0.1, 0.15) is 42.1 Å². The molecule has 1 fully saturated rings. The van der Waals surface area contributed by atoms with Crippen molar-refractivity contribution in [2.75, 3.05) is 19.0 Å². The molecule has 0 unspecified atom stereocenters. The Kier molecular flexibility index (Phi) is 5.50. The second-order valence-corrected chi connectivity index (χ2v) is 6.07. The molecule has 0 saturated heterocycles. The first kappa shape index (κ1) is 17.9. The zero-order valence-corrected chi connectivity index (χ0v) is 14.4. The Morgan fingerprint density at radius 2 is 2.08 bits per heavy atom. The summed E-state index contributed by atoms with van der Waals surface area (Å²) < 4.78 is 25.4. The maximum absolute atomic E-state index is 13.8. The van der Waals surface area contributed by atoms with Crippen LogP contribution in [0.15, 0.2) is 30.5 Å². The van der Waals surface area contributed by atoms with Gasteiger partial charge in [-0.2, -0.15) is 5.10 Å². The first-order valence-corrected chi connectivity index (χ1v) is 8.42. The lowest BCUT2D eigenvalue weighted by atomic mass is 10.2. The van der Waals surface area contributed by atoms with Crippen LogP contribution in [0.3, 0.4) is 0 Å². The van der Waals surface area contributed by atoms with E-state index in [-0.39, 0.29) is 17.4 Å². The standard InChI is InChI=1S/C18H20FN3O4/c1-25-13-6-7-14(15(19)10-13)18(24)26-11-17(23)21-16-8-9-20-22(16)12-4-2-3-5-12/h6-10,12H,2-5,11H2,1H3,(H,21,23). The maximum atomic E-state index is 13.8. The third-order valence-electron chi connectivity index (χ3n) is 4.34. The fourth-order valence-corrected chi connectivity index (χ4v) is 3.03. The molecule has 8 heteroatoms. The van der Waals surface area contributed by atoms with E-state index in [1.807, 2.05) is 0 Å². The van der Waals surface area contributed by atoms with Gasteiger partial charge in [0.2, 0.25) is 0 Å². The van der Waals surface area contributed by atoms with Crippen molar-refractivity contribution in [3.05, 3.63) is 41.8 Å². The average Bonchev–Trinajstić information content (AvgIpc) is 3.30. The molecular weight excluding hydrogens is 341 g/mol. The molecule has 2 aromatic rings. The van der Waals surface area contributed by atoms with Crippen LogP contribution in [0.5, 0.6) is 5.75 Å². The number of halogens is 1. The van der Waals surface area contributed by atoms with Crippen molar-refractivity contribution in [3.8, 4) is 5.75 Å². The number of nitrogens with one attached hydrogen (secondary N) is 1. The number of ether oxygens (including phenoxy) is 2. The highest BCUT2D eigenvalue weighted by molar-refractivity contribution is 5.95. The molecule has 0 atom stereocenters. The van der Waals surface area contributed by atoms with Crippen molar-refractivity contribution in [1.29, 1.82) is 0 Å². The van der Waals surface area contributed by atoms with Crippen molar-refractivity contribution in [3.63, 3.8) is 0 Å². The number of anilines is 1. The number of aromatic nitrogens is 2. The average molecular weight is 361 g/mol. The lowest BCUT2D eigenvalue weighted by Crippen LogP contribution is -2.23. The van der Waals surface area contributed by atoms with E-state index in [4.69, 9.17) is 9.47 Å². The van der Waals surface area contributed by atoms with Crippen molar-refractivity contribution >= 4 is 17.7 Å². The van der Waals surface area contributed by atoms with Gasteiger partial charge in [0.15, 0.2) is 6.61 Å². The van der Waals surface area contributed by atoms with Crippen molar-refractivity contribution in [1.82, 2.24) is 9.78 Å². The Labute approximate surface area is 150 Å². The van der Waals surface area contributed by atoms with Gasteiger partial charge in [-0.25, -0.2) is 13.9 Å². The molecule has 1 aromatic carbocycles. The van der Waals surface area contributed by atoms with Gasteiger partial charge >= 0.3 is 5.97 Å². The minimum atomic E-state index is -0.912. The van der Waals surface area contributed by atoms with Crippen LogP contribution < -0.4 is 10.1 Å². The number of carbonyl (C=O) groups is 2. The van der Waals surface area contributed by atoms with E-state index < -0.39 is 24.3 Å². The Hall–Kier alpha value is -2.90. The minimum absolute atomic E-state index is 0.255. The van der Waals surface area contributed by atoms with Crippen molar-refractivity contribution in [2.45, 2.75) is 31.7 Å². The van der Waals surface area contributed by atoms with Gasteiger partial charge in [-0.15, -0.1) is 0 Å². The smallest absolute Gasteiger partial charge is 0.341 e. The van der Waals surface area contributed by atoms with E-state index in [9.17, 15) is 14.0 Å². The van der Waals surface area contributed by atoms with Crippen LogP contribution in [0, 0.1) is 5.82 Å². The van der Waals surface area contributed by atoms with Crippen molar-refractivity contribution in [2.24, 2.45) is 0 Å². The van der Waals surface area contributed by atoms with Gasteiger partial charge in [0, 0.05) is 12.1 Å². The van der Waals surface area contributed by atoms with Crippen LogP contribution in [0.25, 0.3) is 0 Å². The van der Waals surface area contributed by atoms with E-state index in [2.05, 4.69) is 10.4 Å². The summed E-state index contributed by atoms with van der Waals surface area (Å²) in [6, 6.07) is 5.75. The molecule has 3 rings (SSSR count). The fourth-order valence-electron chi connectivity index (χ4n) is 3.03. The van der Waals surface area contributed by atoms with Crippen LogP contribution >= 0.6 is 0 Å². The summed E-state index contributed by atoms with van der Waals surface area (Å²) in [6.07, 6.45) is 5.95. The molecule has 1 heterocycles. The van der Waals surface area contributed by atoms with E-state index in [0.717, 1.165) is 31.7 Å². The van der Waals surface area contributed by atoms with Gasteiger partial charge in [-0.3, -0.25) is 4.79 Å². The third-order valence-corrected chi connectivity index (χ3v) is 4.34. The number of hydrogen-bond acceptors (Lipinski definition) is 5. The molecule has 0 bridgehead atoms. The zero-order chi connectivity index (χ0) is 18.5. The Morgan fingerprint density at radius 1 is 1.31 bits per heavy atom. The van der Waals surface area contributed by atoms with Gasteiger partial charge in [0.05, 0.1) is 24.9 Å².